The number of thiocarbonyl (C=S) groups is 1. The molecule has 1 aliphatic heterocycles. The molecule has 2 nitrogen and oxygen atoms in total. The number of nitrogens with zero attached hydrogens (tertiary/aromatic N) is 1. The predicted molar refractivity (Wildman–Crippen MR) is 61.2 cm³/mol. The summed E-state index contributed by atoms with van der Waals surface area (Å²) in [7, 11) is 0. The van der Waals surface area contributed by atoms with Crippen molar-refractivity contribution in [1.82, 2.24) is 4.90 Å². The summed E-state index contributed by atoms with van der Waals surface area (Å²) in [6, 6.07) is 0. The Morgan fingerprint density at radius 2 is 2.19 bits per heavy atom. The summed E-state index contributed by atoms with van der Waals surface area (Å²) in [6.07, 6.45) is -2.34. The second-order valence-corrected chi connectivity index (χ2v) is 4.79. The van der Waals surface area contributed by atoms with E-state index in [4.69, 9.17) is 5.73 Å². The third-order valence-electron chi connectivity index (χ3n) is 3.13. The average Bonchev–Trinajstić information content (AvgIpc) is 2.59. The third-order valence-corrected chi connectivity index (χ3v) is 3.41. The molecule has 94 valence electrons. The smallest absolute Gasteiger partial charge is 0.393 e. The number of likely N-dealkylation sites (tertiary alicyclic amines) is 1. The van der Waals surface area contributed by atoms with Gasteiger partial charge in [0.1, 0.15) is 5.92 Å². The Balaban J connectivity index is 2.54. The molecule has 1 rings (SSSR count). The Morgan fingerprint density at radius 3 is 2.56 bits per heavy atom. The quantitative estimate of drug-likeness (QED) is 0.780. The van der Waals surface area contributed by atoms with Gasteiger partial charge in [-0.3, -0.25) is 0 Å². The second-order valence-electron chi connectivity index (χ2n) is 4.32. The first-order valence-electron chi connectivity index (χ1n) is 5.43. The van der Waals surface area contributed by atoms with Gasteiger partial charge in [-0.15, -0.1) is 0 Å². The van der Waals surface area contributed by atoms with Gasteiger partial charge in [0.15, 0.2) is 0 Å². The van der Waals surface area contributed by atoms with E-state index in [0.29, 0.717) is 12.5 Å². The number of halogens is 3. The lowest BCUT2D eigenvalue weighted by Gasteiger charge is -2.24. The van der Waals surface area contributed by atoms with Crippen molar-refractivity contribution in [2.24, 2.45) is 17.6 Å². The maximum atomic E-state index is 12.6. The van der Waals surface area contributed by atoms with Gasteiger partial charge in [-0.2, -0.15) is 13.2 Å². The van der Waals surface area contributed by atoms with Gasteiger partial charge in [0.2, 0.25) is 0 Å². The molecule has 1 aliphatic rings. The van der Waals surface area contributed by atoms with Crippen LogP contribution in [0.2, 0.25) is 0 Å². The van der Waals surface area contributed by atoms with Crippen molar-refractivity contribution in [3.05, 3.63) is 0 Å². The van der Waals surface area contributed by atoms with Crippen molar-refractivity contribution >= 4 is 17.2 Å². The van der Waals surface area contributed by atoms with Crippen LogP contribution in [0.15, 0.2) is 0 Å². The van der Waals surface area contributed by atoms with Crippen LogP contribution < -0.4 is 5.73 Å². The molecule has 2 atom stereocenters. The maximum Gasteiger partial charge on any atom is 0.399 e. The van der Waals surface area contributed by atoms with Crippen molar-refractivity contribution in [3.63, 3.8) is 0 Å². The Hall–Kier alpha value is -0.360. The van der Waals surface area contributed by atoms with Crippen LogP contribution in [-0.2, 0) is 0 Å². The van der Waals surface area contributed by atoms with Crippen molar-refractivity contribution < 1.29 is 13.2 Å². The Kier molecular flexibility index (Phi) is 4.55. The highest BCUT2D eigenvalue weighted by molar-refractivity contribution is 7.80. The fraction of sp³-hybridized carbons (Fsp3) is 0.900. The molecule has 0 aromatic heterocycles. The lowest BCUT2D eigenvalue weighted by Crippen LogP contribution is -2.42. The SMILES string of the molecule is CCC1CCN(CC(C(N)=S)C(F)(F)F)C1. The molecule has 6 heteroatoms. The van der Waals surface area contributed by atoms with Crippen molar-refractivity contribution in [3.8, 4) is 0 Å². The summed E-state index contributed by atoms with van der Waals surface area (Å²) in [4.78, 5) is 1.36. The molecule has 0 aromatic rings. The minimum absolute atomic E-state index is 0.0880. The molecular formula is C10H17F3N2S. The van der Waals surface area contributed by atoms with Gasteiger partial charge in [0.25, 0.3) is 0 Å². The first-order chi connectivity index (χ1) is 7.34. The highest BCUT2D eigenvalue weighted by Gasteiger charge is 2.43. The van der Waals surface area contributed by atoms with E-state index < -0.39 is 17.1 Å². The van der Waals surface area contributed by atoms with E-state index in [-0.39, 0.29) is 6.54 Å². The van der Waals surface area contributed by atoms with Crippen LogP contribution in [0.5, 0.6) is 0 Å². The fourth-order valence-electron chi connectivity index (χ4n) is 2.02. The molecule has 2 unspecified atom stereocenters. The van der Waals surface area contributed by atoms with Gasteiger partial charge in [-0.05, 0) is 18.9 Å². The molecular weight excluding hydrogens is 237 g/mol. The minimum Gasteiger partial charge on any atom is -0.393 e. The highest BCUT2D eigenvalue weighted by atomic mass is 32.1. The summed E-state index contributed by atoms with van der Waals surface area (Å²) >= 11 is 4.49. The van der Waals surface area contributed by atoms with Crippen molar-refractivity contribution in [2.75, 3.05) is 19.6 Å². The Labute approximate surface area is 99.0 Å². The van der Waals surface area contributed by atoms with E-state index >= 15 is 0 Å². The zero-order valence-electron chi connectivity index (χ0n) is 9.26. The lowest BCUT2D eigenvalue weighted by molar-refractivity contribution is -0.158. The minimum atomic E-state index is -4.32. The zero-order chi connectivity index (χ0) is 12.3. The molecule has 0 bridgehead atoms. The number of rotatable bonds is 4. The van der Waals surface area contributed by atoms with Crippen LogP contribution in [0.3, 0.4) is 0 Å². The molecule has 16 heavy (non-hydrogen) atoms. The standard InChI is InChI=1S/C10H17F3N2S/c1-2-7-3-4-15(5-7)6-8(9(14)16)10(11,12)13/h7-8H,2-6H2,1H3,(H2,14,16). The van der Waals surface area contributed by atoms with Gasteiger partial charge >= 0.3 is 6.18 Å². The monoisotopic (exact) mass is 254 g/mol. The first-order valence-corrected chi connectivity index (χ1v) is 5.83. The van der Waals surface area contributed by atoms with Gasteiger partial charge in [0.05, 0.1) is 4.99 Å². The molecule has 0 radical (unpaired) electrons. The molecule has 1 heterocycles. The number of nitrogens with two attached hydrogens (primary N) is 1. The Morgan fingerprint density at radius 1 is 1.56 bits per heavy atom. The van der Waals surface area contributed by atoms with Gasteiger partial charge in [0, 0.05) is 13.1 Å². The lowest BCUT2D eigenvalue weighted by atomic mass is 10.1. The normalized spacial score (nSPS) is 24.6. The van der Waals surface area contributed by atoms with Crippen LogP contribution in [0, 0.1) is 11.8 Å². The predicted octanol–water partition coefficient (Wildman–Crippen LogP) is 2.18. The fourth-order valence-corrected chi connectivity index (χ4v) is 2.23. The first kappa shape index (κ1) is 13.7. The number of hydrogen-bond acceptors (Lipinski definition) is 2. The topological polar surface area (TPSA) is 29.3 Å². The molecule has 1 fully saturated rings. The maximum absolute atomic E-state index is 12.6. The van der Waals surface area contributed by atoms with E-state index in [9.17, 15) is 13.2 Å². The largest absolute Gasteiger partial charge is 0.399 e. The van der Waals surface area contributed by atoms with E-state index in [0.717, 1.165) is 19.4 Å². The van der Waals surface area contributed by atoms with Crippen LogP contribution in [0.25, 0.3) is 0 Å². The summed E-state index contributed by atoms with van der Waals surface area (Å²) < 4.78 is 37.8. The summed E-state index contributed by atoms with van der Waals surface area (Å²) in [5.41, 5.74) is 5.15. The molecule has 0 saturated carbocycles. The molecule has 0 spiro atoms. The van der Waals surface area contributed by atoms with E-state index in [1.807, 2.05) is 4.90 Å². The highest BCUT2D eigenvalue weighted by Crippen LogP contribution is 2.29. The summed E-state index contributed by atoms with van der Waals surface area (Å²) in [5, 5.41) is 0. The van der Waals surface area contributed by atoms with E-state index in [1.54, 1.807) is 0 Å². The average molecular weight is 254 g/mol. The van der Waals surface area contributed by atoms with Crippen LogP contribution in [0.1, 0.15) is 19.8 Å². The summed E-state index contributed by atoms with van der Waals surface area (Å²) in [6.45, 7) is 3.41. The molecule has 1 saturated heterocycles. The van der Waals surface area contributed by atoms with Crippen LogP contribution in [-0.4, -0.2) is 35.7 Å². The molecule has 0 aromatic carbocycles. The van der Waals surface area contributed by atoms with Gasteiger partial charge < -0.3 is 10.6 Å². The van der Waals surface area contributed by atoms with E-state index in [1.165, 1.54) is 0 Å². The number of alkyl halides is 3. The van der Waals surface area contributed by atoms with Crippen molar-refractivity contribution in [1.29, 1.82) is 0 Å². The molecule has 0 aliphatic carbocycles. The van der Waals surface area contributed by atoms with Crippen LogP contribution in [0.4, 0.5) is 13.2 Å². The Bertz CT molecular complexity index is 255. The number of hydrogen-bond donors (Lipinski definition) is 1. The third kappa shape index (κ3) is 3.59. The zero-order valence-corrected chi connectivity index (χ0v) is 10.1. The molecule has 2 N–H and O–H groups in total. The van der Waals surface area contributed by atoms with Gasteiger partial charge in [-0.25, -0.2) is 0 Å². The summed E-state index contributed by atoms with van der Waals surface area (Å²) in [5.74, 6) is -1.15. The second kappa shape index (κ2) is 5.31. The molecule has 0 amide bonds. The van der Waals surface area contributed by atoms with Crippen molar-refractivity contribution in [2.45, 2.75) is 25.9 Å². The van der Waals surface area contributed by atoms with E-state index in [2.05, 4.69) is 19.1 Å². The van der Waals surface area contributed by atoms with Crippen LogP contribution >= 0.6 is 12.2 Å². The van der Waals surface area contributed by atoms with Gasteiger partial charge in [-0.1, -0.05) is 25.6 Å².